The molecule has 0 bridgehead atoms. The third kappa shape index (κ3) is 6.10. The largest absolute Gasteiger partial charge is 0.396 e. The first kappa shape index (κ1) is 15.1. The van der Waals surface area contributed by atoms with Gasteiger partial charge in [0.15, 0.2) is 0 Å². The number of aliphatic hydroxyl groups is 1. The molecule has 4 nitrogen and oxygen atoms in total. The van der Waals surface area contributed by atoms with Crippen molar-refractivity contribution in [3.63, 3.8) is 0 Å². The Morgan fingerprint density at radius 3 is 2.72 bits per heavy atom. The Balaban J connectivity index is 2.29. The van der Waals surface area contributed by atoms with Crippen molar-refractivity contribution >= 4 is 0 Å². The molecule has 0 spiro atoms. The van der Waals surface area contributed by atoms with Crippen molar-refractivity contribution in [3.05, 3.63) is 30.1 Å². The zero-order chi connectivity index (χ0) is 13.2. The SMILES string of the molecule is CCNC(CCO)CN(C)CCc1ccncc1. The summed E-state index contributed by atoms with van der Waals surface area (Å²) in [5.41, 5.74) is 1.32. The first-order valence-electron chi connectivity index (χ1n) is 6.68. The van der Waals surface area contributed by atoms with Crippen molar-refractivity contribution in [2.75, 3.05) is 33.3 Å². The summed E-state index contributed by atoms with van der Waals surface area (Å²) in [6, 6.07) is 4.49. The second-order valence-corrected chi connectivity index (χ2v) is 4.63. The predicted molar refractivity (Wildman–Crippen MR) is 74.6 cm³/mol. The van der Waals surface area contributed by atoms with Crippen LogP contribution in [-0.4, -0.2) is 54.3 Å². The summed E-state index contributed by atoms with van der Waals surface area (Å²) in [7, 11) is 2.13. The molecule has 0 aliphatic heterocycles. The maximum absolute atomic E-state index is 9.02. The quantitative estimate of drug-likeness (QED) is 0.685. The highest BCUT2D eigenvalue weighted by Gasteiger charge is 2.09. The summed E-state index contributed by atoms with van der Waals surface area (Å²) in [6.07, 6.45) is 5.52. The number of likely N-dealkylation sites (N-methyl/N-ethyl adjacent to an activating group) is 2. The normalized spacial score (nSPS) is 12.9. The van der Waals surface area contributed by atoms with Gasteiger partial charge in [0, 0.05) is 38.1 Å². The van der Waals surface area contributed by atoms with E-state index in [0.29, 0.717) is 6.04 Å². The molecule has 1 unspecified atom stereocenters. The number of rotatable bonds is 9. The Kier molecular flexibility index (Phi) is 7.57. The summed E-state index contributed by atoms with van der Waals surface area (Å²) in [6.45, 7) is 5.29. The second kappa shape index (κ2) is 9.03. The number of hydrogen-bond donors (Lipinski definition) is 2. The van der Waals surface area contributed by atoms with Crippen LogP contribution in [-0.2, 0) is 6.42 Å². The highest BCUT2D eigenvalue weighted by atomic mass is 16.3. The fourth-order valence-electron chi connectivity index (χ4n) is 2.04. The van der Waals surface area contributed by atoms with E-state index >= 15 is 0 Å². The van der Waals surface area contributed by atoms with Gasteiger partial charge in [-0.2, -0.15) is 0 Å². The Morgan fingerprint density at radius 2 is 2.11 bits per heavy atom. The van der Waals surface area contributed by atoms with Crippen LogP contribution >= 0.6 is 0 Å². The van der Waals surface area contributed by atoms with Gasteiger partial charge in [0.1, 0.15) is 0 Å². The third-order valence-electron chi connectivity index (χ3n) is 3.03. The molecule has 1 aromatic rings. The van der Waals surface area contributed by atoms with E-state index in [0.717, 1.165) is 32.5 Å². The number of nitrogens with zero attached hydrogens (tertiary/aromatic N) is 2. The molecule has 1 aromatic heterocycles. The monoisotopic (exact) mass is 251 g/mol. The number of aromatic nitrogens is 1. The van der Waals surface area contributed by atoms with Crippen LogP contribution in [0.4, 0.5) is 0 Å². The van der Waals surface area contributed by atoms with Gasteiger partial charge in [-0.25, -0.2) is 0 Å². The van der Waals surface area contributed by atoms with Gasteiger partial charge in [0.2, 0.25) is 0 Å². The van der Waals surface area contributed by atoms with Gasteiger partial charge in [0.05, 0.1) is 0 Å². The lowest BCUT2D eigenvalue weighted by molar-refractivity contribution is 0.231. The van der Waals surface area contributed by atoms with Gasteiger partial charge in [0.25, 0.3) is 0 Å². The lowest BCUT2D eigenvalue weighted by Gasteiger charge is -2.24. The molecule has 0 amide bonds. The molecule has 1 atom stereocenters. The number of nitrogens with one attached hydrogen (secondary N) is 1. The Morgan fingerprint density at radius 1 is 1.39 bits per heavy atom. The van der Waals surface area contributed by atoms with Gasteiger partial charge in [-0.3, -0.25) is 4.98 Å². The Hall–Kier alpha value is -0.970. The maximum Gasteiger partial charge on any atom is 0.0446 e. The molecule has 0 saturated heterocycles. The lowest BCUT2D eigenvalue weighted by atomic mass is 10.1. The smallest absolute Gasteiger partial charge is 0.0446 e. The summed E-state index contributed by atoms with van der Waals surface area (Å²) in [4.78, 5) is 6.33. The number of hydrogen-bond acceptors (Lipinski definition) is 4. The molecular formula is C14H25N3O. The average Bonchev–Trinajstić information content (AvgIpc) is 2.38. The molecule has 1 heterocycles. The van der Waals surface area contributed by atoms with E-state index in [1.807, 2.05) is 12.4 Å². The first-order valence-corrected chi connectivity index (χ1v) is 6.68. The van der Waals surface area contributed by atoms with Gasteiger partial charge in [-0.1, -0.05) is 6.92 Å². The van der Waals surface area contributed by atoms with Crippen LogP contribution in [0.25, 0.3) is 0 Å². The highest BCUT2D eigenvalue weighted by molar-refractivity contribution is 5.09. The summed E-state index contributed by atoms with van der Waals surface area (Å²) in [5.74, 6) is 0. The second-order valence-electron chi connectivity index (χ2n) is 4.63. The van der Waals surface area contributed by atoms with Crippen LogP contribution in [0.1, 0.15) is 18.9 Å². The van der Waals surface area contributed by atoms with Gasteiger partial charge in [-0.15, -0.1) is 0 Å². The summed E-state index contributed by atoms with van der Waals surface area (Å²) < 4.78 is 0. The van der Waals surface area contributed by atoms with E-state index in [4.69, 9.17) is 5.11 Å². The molecule has 0 saturated carbocycles. The van der Waals surface area contributed by atoms with E-state index < -0.39 is 0 Å². The molecule has 0 aliphatic carbocycles. The van der Waals surface area contributed by atoms with Crippen LogP contribution < -0.4 is 5.32 Å². The molecule has 102 valence electrons. The minimum atomic E-state index is 0.246. The fourth-order valence-corrected chi connectivity index (χ4v) is 2.04. The molecule has 18 heavy (non-hydrogen) atoms. The van der Waals surface area contributed by atoms with E-state index in [9.17, 15) is 0 Å². The third-order valence-corrected chi connectivity index (χ3v) is 3.03. The first-order chi connectivity index (χ1) is 8.76. The van der Waals surface area contributed by atoms with Crippen molar-refractivity contribution in [2.45, 2.75) is 25.8 Å². The molecule has 4 heteroatoms. The van der Waals surface area contributed by atoms with Crippen LogP contribution in [0.15, 0.2) is 24.5 Å². The zero-order valence-corrected chi connectivity index (χ0v) is 11.5. The van der Waals surface area contributed by atoms with Crippen molar-refractivity contribution in [3.8, 4) is 0 Å². The van der Waals surface area contributed by atoms with E-state index in [1.165, 1.54) is 5.56 Å². The molecule has 0 aromatic carbocycles. The fraction of sp³-hybridized carbons (Fsp3) is 0.643. The van der Waals surface area contributed by atoms with Crippen molar-refractivity contribution < 1.29 is 5.11 Å². The van der Waals surface area contributed by atoms with E-state index in [-0.39, 0.29) is 6.61 Å². The minimum Gasteiger partial charge on any atom is -0.396 e. The van der Waals surface area contributed by atoms with Gasteiger partial charge >= 0.3 is 0 Å². The van der Waals surface area contributed by atoms with Crippen LogP contribution in [0, 0.1) is 0 Å². The maximum atomic E-state index is 9.02. The van der Waals surface area contributed by atoms with Crippen molar-refractivity contribution in [1.82, 2.24) is 15.2 Å². The molecular weight excluding hydrogens is 226 g/mol. The topological polar surface area (TPSA) is 48.4 Å². The Bertz CT molecular complexity index is 299. The minimum absolute atomic E-state index is 0.246. The number of aliphatic hydroxyl groups excluding tert-OH is 1. The van der Waals surface area contributed by atoms with Gasteiger partial charge < -0.3 is 15.3 Å². The number of pyridine rings is 1. The Labute approximate surface area is 110 Å². The molecule has 0 radical (unpaired) electrons. The highest BCUT2D eigenvalue weighted by Crippen LogP contribution is 2.01. The van der Waals surface area contributed by atoms with Crippen LogP contribution in [0.5, 0.6) is 0 Å². The molecule has 0 fully saturated rings. The zero-order valence-electron chi connectivity index (χ0n) is 11.5. The van der Waals surface area contributed by atoms with Crippen molar-refractivity contribution in [1.29, 1.82) is 0 Å². The van der Waals surface area contributed by atoms with Crippen LogP contribution in [0.2, 0.25) is 0 Å². The molecule has 2 N–H and O–H groups in total. The van der Waals surface area contributed by atoms with Crippen LogP contribution in [0.3, 0.4) is 0 Å². The summed E-state index contributed by atoms with van der Waals surface area (Å²) in [5, 5.41) is 12.4. The van der Waals surface area contributed by atoms with Gasteiger partial charge in [-0.05, 0) is 44.1 Å². The predicted octanol–water partition coefficient (Wildman–Crippen LogP) is 0.916. The lowest BCUT2D eigenvalue weighted by Crippen LogP contribution is -2.40. The average molecular weight is 251 g/mol. The van der Waals surface area contributed by atoms with Crippen molar-refractivity contribution in [2.24, 2.45) is 0 Å². The van der Waals surface area contributed by atoms with E-state index in [2.05, 4.69) is 41.3 Å². The van der Waals surface area contributed by atoms with E-state index in [1.54, 1.807) is 0 Å². The standard InChI is InChI=1S/C14H25N3O/c1-3-16-14(7-11-18)12-17(2)10-6-13-4-8-15-9-5-13/h4-5,8-9,14,16,18H,3,6-7,10-12H2,1-2H3. The molecule has 0 aliphatic rings. The summed E-state index contributed by atoms with van der Waals surface area (Å²) >= 11 is 0. The molecule has 1 rings (SSSR count).